The highest BCUT2D eigenvalue weighted by Crippen LogP contribution is 2.21. The standard InChI is InChI=1S/C19H20N6O/c1-12(2)15-11-22-25-18(15)23-13(3)24-19(25)21-10-14-6-7-16(20-9-14)17-5-4-8-26-17/h4-9,11-12H,10H2,1-3H3,(H,21,23,24). The molecule has 0 aliphatic heterocycles. The Morgan fingerprint density at radius 2 is 2.04 bits per heavy atom. The molecule has 0 radical (unpaired) electrons. The van der Waals surface area contributed by atoms with Crippen LogP contribution in [0.15, 0.2) is 47.3 Å². The fourth-order valence-electron chi connectivity index (χ4n) is 2.80. The Balaban J connectivity index is 1.56. The van der Waals surface area contributed by atoms with Crippen molar-refractivity contribution < 1.29 is 4.42 Å². The van der Waals surface area contributed by atoms with Crippen molar-refractivity contribution in [1.82, 2.24) is 24.6 Å². The van der Waals surface area contributed by atoms with Crippen LogP contribution in [-0.4, -0.2) is 24.6 Å². The first-order valence-electron chi connectivity index (χ1n) is 8.57. The molecule has 4 rings (SSSR count). The predicted octanol–water partition coefficient (Wildman–Crippen LogP) is 3.82. The van der Waals surface area contributed by atoms with E-state index in [4.69, 9.17) is 4.42 Å². The topological polar surface area (TPSA) is 81.1 Å². The Kier molecular flexibility index (Phi) is 4.12. The van der Waals surface area contributed by atoms with Gasteiger partial charge in [0, 0.05) is 18.3 Å². The molecule has 0 spiro atoms. The van der Waals surface area contributed by atoms with Crippen molar-refractivity contribution in [3.8, 4) is 11.5 Å². The van der Waals surface area contributed by atoms with Crippen molar-refractivity contribution >= 4 is 11.6 Å². The highest BCUT2D eigenvalue weighted by Gasteiger charge is 2.13. The Morgan fingerprint density at radius 3 is 2.73 bits per heavy atom. The molecule has 4 aromatic heterocycles. The minimum absolute atomic E-state index is 0.355. The number of nitrogens with one attached hydrogen (secondary N) is 1. The van der Waals surface area contributed by atoms with Gasteiger partial charge in [-0.25, -0.2) is 4.98 Å². The van der Waals surface area contributed by atoms with Gasteiger partial charge in [-0.1, -0.05) is 19.9 Å². The van der Waals surface area contributed by atoms with Crippen molar-refractivity contribution in [3.05, 3.63) is 59.9 Å². The van der Waals surface area contributed by atoms with Crippen LogP contribution in [0, 0.1) is 6.92 Å². The molecular weight excluding hydrogens is 328 g/mol. The Labute approximate surface area is 151 Å². The number of hydrogen-bond donors (Lipinski definition) is 1. The van der Waals surface area contributed by atoms with E-state index >= 15 is 0 Å². The van der Waals surface area contributed by atoms with Gasteiger partial charge in [-0.05, 0) is 36.6 Å². The van der Waals surface area contributed by atoms with Crippen LogP contribution in [0.5, 0.6) is 0 Å². The zero-order valence-corrected chi connectivity index (χ0v) is 15.0. The van der Waals surface area contributed by atoms with Crippen LogP contribution in [-0.2, 0) is 6.54 Å². The third kappa shape index (κ3) is 3.03. The van der Waals surface area contributed by atoms with Crippen LogP contribution in [0.3, 0.4) is 0 Å². The molecule has 132 valence electrons. The summed E-state index contributed by atoms with van der Waals surface area (Å²) in [6.45, 7) is 6.75. The molecule has 0 saturated heterocycles. The van der Waals surface area contributed by atoms with Gasteiger partial charge in [0.05, 0.1) is 12.5 Å². The summed E-state index contributed by atoms with van der Waals surface area (Å²) < 4.78 is 7.12. The molecule has 0 atom stereocenters. The SMILES string of the molecule is Cc1nc(NCc2ccc(-c3ccco3)nc2)n2ncc(C(C)C)c2n1. The number of anilines is 1. The van der Waals surface area contributed by atoms with E-state index in [0.717, 1.165) is 28.2 Å². The molecule has 7 heteroatoms. The predicted molar refractivity (Wildman–Crippen MR) is 98.9 cm³/mol. The Morgan fingerprint density at radius 1 is 1.15 bits per heavy atom. The molecule has 0 unspecified atom stereocenters. The van der Waals surface area contributed by atoms with Crippen molar-refractivity contribution in [1.29, 1.82) is 0 Å². The van der Waals surface area contributed by atoms with Crippen LogP contribution in [0.2, 0.25) is 0 Å². The van der Waals surface area contributed by atoms with Crippen molar-refractivity contribution in [2.24, 2.45) is 0 Å². The first-order valence-corrected chi connectivity index (χ1v) is 8.57. The lowest BCUT2D eigenvalue weighted by Crippen LogP contribution is -2.10. The zero-order valence-electron chi connectivity index (χ0n) is 15.0. The Hall–Kier alpha value is -3.22. The quantitative estimate of drug-likeness (QED) is 0.590. The summed E-state index contributed by atoms with van der Waals surface area (Å²) in [5.74, 6) is 2.51. The van der Waals surface area contributed by atoms with Gasteiger partial charge in [-0.3, -0.25) is 4.98 Å². The molecular formula is C19H20N6O. The number of hydrogen-bond acceptors (Lipinski definition) is 6. The van der Waals surface area contributed by atoms with E-state index in [0.29, 0.717) is 24.2 Å². The third-order valence-electron chi connectivity index (χ3n) is 4.18. The summed E-state index contributed by atoms with van der Waals surface area (Å²) >= 11 is 0. The van der Waals surface area contributed by atoms with Crippen LogP contribution < -0.4 is 5.32 Å². The number of pyridine rings is 1. The van der Waals surface area contributed by atoms with Crippen LogP contribution >= 0.6 is 0 Å². The molecule has 4 aromatic rings. The zero-order chi connectivity index (χ0) is 18.1. The maximum atomic E-state index is 5.36. The highest BCUT2D eigenvalue weighted by molar-refractivity contribution is 5.53. The van der Waals surface area contributed by atoms with Gasteiger partial charge < -0.3 is 9.73 Å². The highest BCUT2D eigenvalue weighted by atomic mass is 16.3. The number of rotatable bonds is 5. The summed E-state index contributed by atoms with van der Waals surface area (Å²) in [5, 5.41) is 7.78. The van der Waals surface area contributed by atoms with Gasteiger partial charge in [0.2, 0.25) is 5.95 Å². The minimum Gasteiger partial charge on any atom is -0.463 e. The number of furan rings is 1. The molecule has 7 nitrogen and oxygen atoms in total. The van der Waals surface area contributed by atoms with E-state index in [1.54, 1.807) is 10.8 Å². The summed E-state index contributed by atoms with van der Waals surface area (Å²) in [7, 11) is 0. The molecule has 4 heterocycles. The first-order chi connectivity index (χ1) is 12.6. The summed E-state index contributed by atoms with van der Waals surface area (Å²) in [6, 6.07) is 7.71. The third-order valence-corrected chi connectivity index (χ3v) is 4.18. The first kappa shape index (κ1) is 16.3. The van der Waals surface area contributed by atoms with Gasteiger partial charge in [-0.2, -0.15) is 14.6 Å². The summed E-state index contributed by atoms with van der Waals surface area (Å²) in [4.78, 5) is 13.5. The van der Waals surface area contributed by atoms with E-state index in [2.05, 4.69) is 39.2 Å². The molecule has 0 fully saturated rings. The van der Waals surface area contributed by atoms with Crippen molar-refractivity contribution in [2.45, 2.75) is 33.2 Å². The van der Waals surface area contributed by atoms with E-state index < -0.39 is 0 Å². The molecule has 0 saturated carbocycles. The molecule has 0 aliphatic carbocycles. The smallest absolute Gasteiger partial charge is 0.227 e. The number of nitrogens with zero attached hydrogens (tertiary/aromatic N) is 5. The normalized spacial score (nSPS) is 11.4. The van der Waals surface area contributed by atoms with Crippen molar-refractivity contribution in [3.63, 3.8) is 0 Å². The summed E-state index contributed by atoms with van der Waals surface area (Å²) in [6.07, 6.45) is 5.34. The maximum absolute atomic E-state index is 5.36. The van der Waals surface area contributed by atoms with E-state index in [-0.39, 0.29) is 0 Å². The average molecular weight is 348 g/mol. The molecule has 0 aromatic carbocycles. The molecule has 0 aliphatic rings. The molecule has 1 N–H and O–H groups in total. The number of aromatic nitrogens is 5. The van der Waals surface area contributed by atoms with E-state index in [1.165, 1.54) is 0 Å². The average Bonchev–Trinajstić information content (AvgIpc) is 3.29. The largest absolute Gasteiger partial charge is 0.463 e. The number of aryl methyl sites for hydroxylation is 1. The fraction of sp³-hybridized carbons (Fsp3) is 0.263. The van der Waals surface area contributed by atoms with Crippen molar-refractivity contribution in [2.75, 3.05) is 5.32 Å². The van der Waals surface area contributed by atoms with Crippen LogP contribution in [0.25, 0.3) is 17.1 Å². The lowest BCUT2D eigenvalue weighted by atomic mass is 10.1. The second kappa shape index (κ2) is 6.59. The van der Waals surface area contributed by atoms with Crippen LogP contribution in [0.1, 0.15) is 36.7 Å². The van der Waals surface area contributed by atoms with E-state index in [9.17, 15) is 0 Å². The lowest BCUT2D eigenvalue weighted by molar-refractivity contribution is 0.580. The van der Waals surface area contributed by atoms with Gasteiger partial charge in [-0.15, -0.1) is 0 Å². The van der Waals surface area contributed by atoms with Gasteiger partial charge in [0.1, 0.15) is 11.5 Å². The molecule has 0 amide bonds. The second-order valence-electron chi connectivity index (χ2n) is 6.47. The Bertz CT molecular complexity index is 1020. The fourth-order valence-corrected chi connectivity index (χ4v) is 2.80. The van der Waals surface area contributed by atoms with Gasteiger partial charge in [0.15, 0.2) is 11.4 Å². The minimum atomic E-state index is 0.355. The summed E-state index contributed by atoms with van der Waals surface area (Å²) in [5.41, 5.74) is 3.82. The van der Waals surface area contributed by atoms with Gasteiger partial charge >= 0.3 is 0 Å². The monoisotopic (exact) mass is 348 g/mol. The van der Waals surface area contributed by atoms with Crippen LogP contribution in [0.4, 0.5) is 5.95 Å². The van der Waals surface area contributed by atoms with Gasteiger partial charge in [0.25, 0.3) is 0 Å². The number of fused-ring (bicyclic) bond motifs is 1. The van der Waals surface area contributed by atoms with E-state index in [1.807, 2.05) is 43.6 Å². The molecule has 0 bridgehead atoms. The maximum Gasteiger partial charge on any atom is 0.227 e. The molecule has 26 heavy (non-hydrogen) atoms. The lowest BCUT2D eigenvalue weighted by Gasteiger charge is -2.09. The second-order valence-corrected chi connectivity index (χ2v) is 6.47.